The Bertz CT molecular complexity index is 648. The molecule has 0 radical (unpaired) electrons. The molecule has 0 aliphatic heterocycles. The standard InChI is InChI=1S/C17H15NO3/c19-16(18-12-14-9-5-2-6-10-14)15(17(20)21)11-13-7-3-1-4-8-13/h1-11H,12H2,(H,18,19)(H,20,21)/b15-11+. The van der Waals surface area contributed by atoms with Crippen LogP contribution in [0.25, 0.3) is 6.08 Å². The molecule has 2 aromatic rings. The highest BCUT2D eigenvalue weighted by Gasteiger charge is 2.16. The number of carboxylic acid groups (broad SMARTS) is 1. The quantitative estimate of drug-likeness (QED) is 0.502. The molecule has 0 saturated heterocycles. The second-order valence-electron chi connectivity index (χ2n) is 4.44. The third-order valence-corrected chi connectivity index (χ3v) is 2.88. The molecular weight excluding hydrogens is 266 g/mol. The van der Waals surface area contributed by atoms with Crippen LogP contribution in [0, 0.1) is 0 Å². The van der Waals surface area contributed by atoms with Gasteiger partial charge in [-0.1, -0.05) is 60.7 Å². The summed E-state index contributed by atoms with van der Waals surface area (Å²) in [5, 5.41) is 11.8. The Morgan fingerprint density at radius 2 is 1.52 bits per heavy atom. The first-order chi connectivity index (χ1) is 10.2. The predicted molar refractivity (Wildman–Crippen MR) is 80.3 cm³/mol. The van der Waals surface area contributed by atoms with Crippen molar-refractivity contribution >= 4 is 18.0 Å². The van der Waals surface area contributed by atoms with Crippen LogP contribution < -0.4 is 5.32 Å². The van der Waals surface area contributed by atoms with E-state index in [4.69, 9.17) is 0 Å². The number of aliphatic carboxylic acids is 1. The zero-order valence-electron chi connectivity index (χ0n) is 11.3. The summed E-state index contributed by atoms with van der Waals surface area (Å²) in [6, 6.07) is 18.2. The Hall–Kier alpha value is -2.88. The number of carbonyl (C=O) groups is 2. The fraction of sp³-hybridized carbons (Fsp3) is 0.0588. The van der Waals surface area contributed by atoms with Gasteiger partial charge in [0.2, 0.25) is 0 Å². The van der Waals surface area contributed by atoms with E-state index in [1.54, 1.807) is 24.3 Å². The van der Waals surface area contributed by atoms with Gasteiger partial charge in [0.15, 0.2) is 0 Å². The summed E-state index contributed by atoms with van der Waals surface area (Å²) >= 11 is 0. The largest absolute Gasteiger partial charge is 0.477 e. The molecule has 0 heterocycles. The predicted octanol–water partition coefficient (Wildman–Crippen LogP) is 2.47. The molecule has 0 saturated carbocycles. The van der Waals surface area contributed by atoms with Crippen molar-refractivity contribution in [1.82, 2.24) is 5.32 Å². The van der Waals surface area contributed by atoms with Crippen LogP contribution in [0.15, 0.2) is 66.2 Å². The van der Waals surface area contributed by atoms with E-state index in [0.29, 0.717) is 12.1 Å². The smallest absolute Gasteiger partial charge is 0.341 e. The first-order valence-corrected chi connectivity index (χ1v) is 6.49. The number of amides is 1. The lowest BCUT2D eigenvalue weighted by Crippen LogP contribution is -2.27. The van der Waals surface area contributed by atoms with E-state index < -0.39 is 11.9 Å². The number of rotatable bonds is 5. The lowest BCUT2D eigenvalue weighted by atomic mass is 10.1. The van der Waals surface area contributed by atoms with Gasteiger partial charge in [0.25, 0.3) is 5.91 Å². The lowest BCUT2D eigenvalue weighted by Gasteiger charge is -2.06. The fourth-order valence-electron chi connectivity index (χ4n) is 1.81. The summed E-state index contributed by atoms with van der Waals surface area (Å²) in [6.07, 6.45) is 1.36. The van der Waals surface area contributed by atoms with Crippen molar-refractivity contribution in [1.29, 1.82) is 0 Å². The average molecular weight is 281 g/mol. The van der Waals surface area contributed by atoms with E-state index in [-0.39, 0.29) is 5.57 Å². The third-order valence-electron chi connectivity index (χ3n) is 2.88. The highest BCUT2D eigenvalue weighted by atomic mass is 16.4. The topological polar surface area (TPSA) is 66.4 Å². The maximum absolute atomic E-state index is 12.0. The number of hydrogen-bond donors (Lipinski definition) is 2. The van der Waals surface area contributed by atoms with Gasteiger partial charge in [-0.05, 0) is 17.2 Å². The van der Waals surface area contributed by atoms with Gasteiger partial charge in [-0.2, -0.15) is 0 Å². The second kappa shape index (κ2) is 7.05. The molecule has 2 N–H and O–H groups in total. The number of hydrogen-bond acceptors (Lipinski definition) is 2. The average Bonchev–Trinajstić information content (AvgIpc) is 2.52. The van der Waals surface area contributed by atoms with Crippen molar-refractivity contribution in [3.63, 3.8) is 0 Å². The summed E-state index contributed by atoms with van der Waals surface area (Å²) in [7, 11) is 0. The molecule has 0 aliphatic rings. The van der Waals surface area contributed by atoms with E-state index >= 15 is 0 Å². The van der Waals surface area contributed by atoms with Crippen molar-refractivity contribution in [2.24, 2.45) is 0 Å². The van der Waals surface area contributed by atoms with Gasteiger partial charge < -0.3 is 10.4 Å². The molecular formula is C17H15NO3. The molecule has 0 unspecified atom stereocenters. The van der Waals surface area contributed by atoms with E-state index in [1.807, 2.05) is 36.4 Å². The van der Waals surface area contributed by atoms with Gasteiger partial charge >= 0.3 is 5.97 Å². The van der Waals surface area contributed by atoms with Crippen LogP contribution in [-0.2, 0) is 16.1 Å². The molecule has 2 rings (SSSR count). The number of benzene rings is 2. The van der Waals surface area contributed by atoms with Crippen molar-refractivity contribution in [2.75, 3.05) is 0 Å². The van der Waals surface area contributed by atoms with Crippen molar-refractivity contribution in [2.45, 2.75) is 6.54 Å². The van der Waals surface area contributed by atoms with Crippen molar-refractivity contribution in [3.05, 3.63) is 77.4 Å². The number of nitrogens with one attached hydrogen (secondary N) is 1. The maximum atomic E-state index is 12.0. The summed E-state index contributed by atoms with van der Waals surface area (Å²) in [6.45, 7) is 0.291. The molecule has 1 amide bonds. The second-order valence-corrected chi connectivity index (χ2v) is 4.44. The minimum absolute atomic E-state index is 0.280. The molecule has 0 fully saturated rings. The van der Waals surface area contributed by atoms with Crippen LogP contribution in [0.4, 0.5) is 0 Å². The van der Waals surface area contributed by atoms with Crippen LogP contribution in [-0.4, -0.2) is 17.0 Å². The Balaban J connectivity index is 2.10. The molecule has 4 heteroatoms. The molecule has 21 heavy (non-hydrogen) atoms. The molecule has 106 valence electrons. The highest BCUT2D eigenvalue weighted by molar-refractivity contribution is 6.19. The first kappa shape index (κ1) is 14.5. The van der Waals surface area contributed by atoms with E-state index in [0.717, 1.165) is 5.56 Å². The van der Waals surface area contributed by atoms with Gasteiger partial charge in [-0.15, -0.1) is 0 Å². The van der Waals surface area contributed by atoms with Gasteiger partial charge in [0.05, 0.1) is 0 Å². The monoisotopic (exact) mass is 281 g/mol. The normalized spacial score (nSPS) is 11.0. The molecule has 0 bridgehead atoms. The Kier molecular flexibility index (Phi) is 4.88. The van der Waals surface area contributed by atoms with E-state index in [9.17, 15) is 14.7 Å². The van der Waals surface area contributed by atoms with E-state index in [2.05, 4.69) is 5.32 Å². The van der Waals surface area contributed by atoms with Crippen LogP contribution in [0.5, 0.6) is 0 Å². The van der Waals surface area contributed by atoms with Crippen LogP contribution in [0.3, 0.4) is 0 Å². The van der Waals surface area contributed by atoms with Crippen LogP contribution >= 0.6 is 0 Å². The third kappa shape index (κ3) is 4.31. The van der Waals surface area contributed by atoms with Crippen LogP contribution in [0.2, 0.25) is 0 Å². The number of carbonyl (C=O) groups excluding carboxylic acids is 1. The summed E-state index contributed by atoms with van der Waals surface area (Å²) in [5.41, 5.74) is 1.30. The first-order valence-electron chi connectivity index (χ1n) is 6.49. The summed E-state index contributed by atoms with van der Waals surface area (Å²) < 4.78 is 0. The van der Waals surface area contributed by atoms with Crippen molar-refractivity contribution < 1.29 is 14.7 Å². The number of carboxylic acids is 1. The fourth-order valence-corrected chi connectivity index (χ4v) is 1.81. The molecule has 0 spiro atoms. The van der Waals surface area contributed by atoms with Gasteiger partial charge in [0, 0.05) is 6.54 Å². The SMILES string of the molecule is O=C(O)/C(=C/c1ccccc1)C(=O)NCc1ccccc1. The maximum Gasteiger partial charge on any atom is 0.341 e. The van der Waals surface area contributed by atoms with Crippen molar-refractivity contribution in [3.8, 4) is 0 Å². The van der Waals surface area contributed by atoms with Crippen LogP contribution in [0.1, 0.15) is 11.1 Å². The molecule has 0 aromatic heterocycles. The highest BCUT2D eigenvalue weighted by Crippen LogP contribution is 2.08. The summed E-state index contributed by atoms with van der Waals surface area (Å²) in [4.78, 5) is 23.2. The minimum atomic E-state index is -1.25. The summed E-state index contributed by atoms with van der Waals surface area (Å²) in [5.74, 6) is -1.85. The molecule has 0 atom stereocenters. The van der Waals surface area contributed by atoms with E-state index in [1.165, 1.54) is 6.08 Å². The Labute approximate surface area is 122 Å². The van der Waals surface area contributed by atoms with Gasteiger partial charge in [0.1, 0.15) is 5.57 Å². The molecule has 2 aromatic carbocycles. The minimum Gasteiger partial charge on any atom is -0.477 e. The Morgan fingerprint density at radius 1 is 0.952 bits per heavy atom. The van der Waals surface area contributed by atoms with Gasteiger partial charge in [-0.25, -0.2) is 4.79 Å². The molecule has 0 aliphatic carbocycles. The zero-order valence-corrected chi connectivity index (χ0v) is 11.3. The Morgan fingerprint density at radius 3 is 2.10 bits per heavy atom. The lowest BCUT2D eigenvalue weighted by molar-refractivity contribution is -0.134. The zero-order chi connectivity index (χ0) is 15.1. The molecule has 4 nitrogen and oxygen atoms in total. The van der Waals surface area contributed by atoms with Gasteiger partial charge in [-0.3, -0.25) is 4.79 Å².